The lowest BCUT2D eigenvalue weighted by Gasteiger charge is -2.04. The minimum absolute atomic E-state index is 0.157. The zero-order valence-corrected chi connectivity index (χ0v) is 13.1. The summed E-state index contributed by atoms with van der Waals surface area (Å²) in [6.45, 7) is 0. The highest BCUT2D eigenvalue weighted by atomic mass is 16.3. The van der Waals surface area contributed by atoms with Gasteiger partial charge >= 0.3 is 0 Å². The molecule has 0 bridgehead atoms. The number of nitrogens with zero attached hydrogens (tertiary/aromatic N) is 1. The van der Waals surface area contributed by atoms with Crippen molar-refractivity contribution in [1.29, 1.82) is 0 Å². The number of phenolic OH excluding ortho intramolecular Hbond substituents is 1. The number of hydrogen-bond donors (Lipinski definition) is 2. The van der Waals surface area contributed by atoms with Crippen molar-refractivity contribution in [2.24, 2.45) is 5.10 Å². The zero-order valence-electron chi connectivity index (χ0n) is 13.1. The van der Waals surface area contributed by atoms with Crippen LogP contribution in [0.3, 0.4) is 0 Å². The number of amides is 1. The lowest BCUT2D eigenvalue weighted by atomic mass is 10.1. The minimum Gasteiger partial charge on any atom is -0.507 e. The first-order valence-electron chi connectivity index (χ1n) is 7.80. The lowest BCUT2D eigenvalue weighted by Crippen LogP contribution is -2.17. The molecule has 0 aromatic heterocycles. The normalized spacial score (nSPS) is 11.0. The van der Waals surface area contributed by atoms with Gasteiger partial charge in [-0.3, -0.25) is 4.79 Å². The number of aromatic hydroxyl groups is 1. The summed E-state index contributed by atoms with van der Waals surface area (Å²) in [5, 5.41) is 15.9. The Labute approximate surface area is 140 Å². The van der Waals surface area contributed by atoms with E-state index in [0.29, 0.717) is 18.4 Å². The molecule has 24 heavy (non-hydrogen) atoms. The maximum Gasteiger partial charge on any atom is 0.240 e. The molecular formula is C20H18N2O2. The third-order valence-corrected chi connectivity index (χ3v) is 3.81. The number of hydrazone groups is 1. The Bertz CT molecular complexity index is 873. The van der Waals surface area contributed by atoms with Crippen LogP contribution < -0.4 is 5.43 Å². The molecule has 2 N–H and O–H groups in total. The summed E-state index contributed by atoms with van der Waals surface area (Å²) in [5.41, 5.74) is 4.18. The summed E-state index contributed by atoms with van der Waals surface area (Å²) >= 11 is 0. The average Bonchev–Trinajstić information content (AvgIpc) is 2.63. The van der Waals surface area contributed by atoms with Crippen LogP contribution in [0.2, 0.25) is 0 Å². The van der Waals surface area contributed by atoms with Crippen LogP contribution in [-0.4, -0.2) is 17.2 Å². The van der Waals surface area contributed by atoms with Gasteiger partial charge in [-0.15, -0.1) is 0 Å². The van der Waals surface area contributed by atoms with Crippen LogP contribution in [0.25, 0.3) is 10.8 Å². The molecule has 0 atom stereocenters. The first kappa shape index (κ1) is 15.7. The van der Waals surface area contributed by atoms with Crippen molar-refractivity contribution in [1.82, 2.24) is 5.43 Å². The van der Waals surface area contributed by atoms with E-state index >= 15 is 0 Å². The Morgan fingerprint density at radius 3 is 2.58 bits per heavy atom. The molecule has 120 valence electrons. The van der Waals surface area contributed by atoms with E-state index in [1.54, 1.807) is 6.07 Å². The number of fused-ring (bicyclic) bond motifs is 1. The monoisotopic (exact) mass is 318 g/mol. The molecule has 1 amide bonds. The molecule has 3 aromatic carbocycles. The van der Waals surface area contributed by atoms with Gasteiger partial charge in [0.05, 0.1) is 6.21 Å². The summed E-state index contributed by atoms with van der Waals surface area (Å²) in [6, 6.07) is 21.1. The Morgan fingerprint density at radius 2 is 1.75 bits per heavy atom. The van der Waals surface area contributed by atoms with Crippen LogP contribution in [0.1, 0.15) is 17.5 Å². The summed E-state index contributed by atoms with van der Waals surface area (Å²) in [5.74, 6) is 0.00534. The van der Waals surface area contributed by atoms with Crippen molar-refractivity contribution in [2.45, 2.75) is 12.8 Å². The second-order valence-electron chi connectivity index (χ2n) is 5.50. The molecule has 0 radical (unpaired) electrons. The first-order chi connectivity index (χ1) is 11.7. The van der Waals surface area contributed by atoms with Gasteiger partial charge < -0.3 is 5.11 Å². The highest BCUT2D eigenvalue weighted by molar-refractivity contribution is 5.97. The van der Waals surface area contributed by atoms with Crippen molar-refractivity contribution in [3.63, 3.8) is 0 Å². The van der Waals surface area contributed by atoms with Gasteiger partial charge in [-0.1, -0.05) is 60.7 Å². The van der Waals surface area contributed by atoms with Gasteiger partial charge in [0.2, 0.25) is 5.91 Å². The molecule has 4 nitrogen and oxygen atoms in total. The number of carbonyl (C=O) groups excluding carboxylic acids is 1. The van der Waals surface area contributed by atoms with Gasteiger partial charge in [0.15, 0.2) is 0 Å². The largest absolute Gasteiger partial charge is 0.507 e. The fourth-order valence-electron chi connectivity index (χ4n) is 2.51. The quantitative estimate of drug-likeness (QED) is 0.557. The summed E-state index contributed by atoms with van der Waals surface area (Å²) in [6.07, 6.45) is 2.50. The molecule has 0 aliphatic heterocycles. The molecule has 3 aromatic rings. The predicted octanol–water partition coefficient (Wildman–Crippen LogP) is 3.63. The van der Waals surface area contributed by atoms with E-state index in [-0.39, 0.29) is 11.7 Å². The highest BCUT2D eigenvalue weighted by Crippen LogP contribution is 2.27. The van der Waals surface area contributed by atoms with E-state index in [9.17, 15) is 9.90 Å². The topological polar surface area (TPSA) is 61.7 Å². The van der Waals surface area contributed by atoms with Gasteiger partial charge in [0.25, 0.3) is 0 Å². The SMILES string of the molecule is O=C(CCc1ccccc1)NN=Cc1ccc2ccccc2c1O. The number of hydrogen-bond acceptors (Lipinski definition) is 3. The predicted molar refractivity (Wildman–Crippen MR) is 96.1 cm³/mol. The number of carbonyl (C=O) groups is 1. The third kappa shape index (κ3) is 3.79. The Balaban J connectivity index is 1.60. The number of phenols is 1. The van der Waals surface area contributed by atoms with Gasteiger partial charge in [-0.2, -0.15) is 5.10 Å². The van der Waals surface area contributed by atoms with Crippen LogP contribution in [0, 0.1) is 0 Å². The Hall–Kier alpha value is -3.14. The van der Waals surface area contributed by atoms with Gasteiger partial charge in [-0.05, 0) is 23.4 Å². The summed E-state index contributed by atoms with van der Waals surface area (Å²) in [7, 11) is 0. The summed E-state index contributed by atoms with van der Waals surface area (Å²) < 4.78 is 0. The molecule has 0 spiro atoms. The fourth-order valence-corrected chi connectivity index (χ4v) is 2.51. The Kier molecular flexibility index (Phi) is 4.87. The molecule has 0 unspecified atom stereocenters. The maximum atomic E-state index is 11.8. The van der Waals surface area contributed by atoms with E-state index < -0.39 is 0 Å². The van der Waals surface area contributed by atoms with E-state index in [0.717, 1.165) is 16.3 Å². The summed E-state index contributed by atoms with van der Waals surface area (Å²) in [4.78, 5) is 11.8. The fraction of sp³-hybridized carbons (Fsp3) is 0.100. The van der Waals surface area contributed by atoms with Crippen LogP contribution >= 0.6 is 0 Å². The molecular weight excluding hydrogens is 300 g/mol. The number of benzene rings is 3. The average molecular weight is 318 g/mol. The van der Waals surface area contributed by atoms with E-state index in [4.69, 9.17) is 0 Å². The first-order valence-corrected chi connectivity index (χ1v) is 7.80. The highest BCUT2D eigenvalue weighted by Gasteiger charge is 2.04. The second-order valence-corrected chi connectivity index (χ2v) is 5.50. The standard InChI is InChI=1S/C20H18N2O2/c23-19(13-10-15-6-2-1-3-7-15)22-21-14-17-12-11-16-8-4-5-9-18(16)20(17)24/h1-9,11-12,14,24H,10,13H2,(H,22,23). The van der Waals surface area contributed by atoms with E-state index in [1.807, 2.05) is 60.7 Å². The molecule has 0 heterocycles. The van der Waals surface area contributed by atoms with Gasteiger partial charge in [0.1, 0.15) is 5.75 Å². The molecule has 0 fully saturated rings. The molecule has 4 heteroatoms. The van der Waals surface area contributed by atoms with Gasteiger partial charge in [-0.25, -0.2) is 5.43 Å². The zero-order chi connectivity index (χ0) is 16.8. The molecule has 3 rings (SSSR count). The lowest BCUT2D eigenvalue weighted by molar-refractivity contribution is -0.121. The smallest absolute Gasteiger partial charge is 0.240 e. The molecule has 0 aliphatic carbocycles. The Morgan fingerprint density at radius 1 is 1.00 bits per heavy atom. The number of nitrogens with one attached hydrogen (secondary N) is 1. The van der Waals surface area contributed by atoms with Crippen molar-refractivity contribution in [3.05, 3.63) is 77.9 Å². The van der Waals surface area contributed by atoms with Crippen molar-refractivity contribution in [2.75, 3.05) is 0 Å². The van der Waals surface area contributed by atoms with E-state index in [2.05, 4.69) is 10.5 Å². The molecule has 0 saturated carbocycles. The number of aryl methyl sites for hydroxylation is 1. The van der Waals surface area contributed by atoms with Crippen molar-refractivity contribution in [3.8, 4) is 5.75 Å². The minimum atomic E-state index is -0.157. The van der Waals surface area contributed by atoms with Crippen LogP contribution in [-0.2, 0) is 11.2 Å². The van der Waals surface area contributed by atoms with Crippen LogP contribution in [0.15, 0.2) is 71.8 Å². The second kappa shape index (κ2) is 7.42. The van der Waals surface area contributed by atoms with E-state index in [1.165, 1.54) is 6.21 Å². The maximum absolute atomic E-state index is 11.8. The molecule has 0 aliphatic rings. The molecule has 0 saturated heterocycles. The van der Waals surface area contributed by atoms with Crippen molar-refractivity contribution < 1.29 is 9.90 Å². The number of rotatable bonds is 5. The van der Waals surface area contributed by atoms with Crippen molar-refractivity contribution >= 4 is 22.9 Å². The third-order valence-electron chi connectivity index (χ3n) is 3.81. The van der Waals surface area contributed by atoms with Gasteiger partial charge in [0, 0.05) is 17.4 Å². The van der Waals surface area contributed by atoms with Crippen LogP contribution in [0.5, 0.6) is 5.75 Å². The van der Waals surface area contributed by atoms with Crippen LogP contribution in [0.4, 0.5) is 0 Å².